The quantitative estimate of drug-likeness (QED) is 0.624. The SMILES string of the molecule is Cc1cc(NC(=O)CO/N=C/c2ccc(OC(F)F)cc2)no1. The highest BCUT2D eigenvalue weighted by atomic mass is 19.3. The molecule has 2 rings (SSSR count). The van der Waals surface area contributed by atoms with Gasteiger partial charge in [0, 0.05) is 6.07 Å². The topological polar surface area (TPSA) is 86.0 Å². The van der Waals surface area contributed by atoms with Gasteiger partial charge in [0.15, 0.2) is 12.4 Å². The first kappa shape index (κ1) is 16.4. The molecule has 122 valence electrons. The zero-order valence-corrected chi connectivity index (χ0v) is 12.0. The van der Waals surface area contributed by atoms with Crippen LogP contribution in [0.15, 0.2) is 40.0 Å². The van der Waals surface area contributed by atoms with Crippen LogP contribution in [0.5, 0.6) is 5.75 Å². The van der Waals surface area contributed by atoms with E-state index in [9.17, 15) is 13.6 Å². The zero-order valence-electron chi connectivity index (χ0n) is 12.0. The van der Waals surface area contributed by atoms with Crippen molar-refractivity contribution in [2.45, 2.75) is 13.5 Å². The number of carbonyl (C=O) groups is 1. The van der Waals surface area contributed by atoms with Crippen molar-refractivity contribution < 1.29 is 27.7 Å². The molecule has 0 atom stereocenters. The Morgan fingerprint density at radius 1 is 1.43 bits per heavy atom. The fraction of sp³-hybridized carbons (Fsp3) is 0.214. The molecule has 9 heteroatoms. The van der Waals surface area contributed by atoms with E-state index < -0.39 is 12.5 Å². The summed E-state index contributed by atoms with van der Waals surface area (Å²) in [7, 11) is 0. The van der Waals surface area contributed by atoms with Crippen LogP contribution in [-0.2, 0) is 9.63 Å². The van der Waals surface area contributed by atoms with E-state index in [1.807, 2.05) is 0 Å². The lowest BCUT2D eigenvalue weighted by molar-refractivity contribution is -0.120. The summed E-state index contributed by atoms with van der Waals surface area (Å²) in [6.45, 7) is -1.49. The van der Waals surface area contributed by atoms with Gasteiger partial charge in [-0.3, -0.25) is 4.79 Å². The third-order valence-electron chi connectivity index (χ3n) is 2.47. The summed E-state index contributed by atoms with van der Waals surface area (Å²) in [6, 6.07) is 7.33. The second kappa shape index (κ2) is 7.87. The predicted octanol–water partition coefficient (Wildman–Crippen LogP) is 2.57. The number of carbonyl (C=O) groups excluding carboxylic acids is 1. The molecule has 0 aliphatic rings. The van der Waals surface area contributed by atoms with Gasteiger partial charge in [-0.1, -0.05) is 10.3 Å². The first-order valence-electron chi connectivity index (χ1n) is 6.46. The molecule has 1 heterocycles. The van der Waals surface area contributed by atoms with Crippen LogP contribution < -0.4 is 10.1 Å². The summed E-state index contributed by atoms with van der Waals surface area (Å²) >= 11 is 0. The largest absolute Gasteiger partial charge is 0.435 e. The predicted molar refractivity (Wildman–Crippen MR) is 76.5 cm³/mol. The molecule has 1 aromatic heterocycles. The lowest BCUT2D eigenvalue weighted by atomic mass is 10.2. The van der Waals surface area contributed by atoms with Gasteiger partial charge in [0.2, 0.25) is 0 Å². The number of anilines is 1. The number of oxime groups is 1. The van der Waals surface area contributed by atoms with E-state index in [1.54, 1.807) is 13.0 Å². The molecule has 0 saturated heterocycles. The molecular formula is C14H13F2N3O4. The van der Waals surface area contributed by atoms with E-state index in [1.165, 1.54) is 30.5 Å². The second-order valence-electron chi connectivity index (χ2n) is 4.33. The van der Waals surface area contributed by atoms with Gasteiger partial charge < -0.3 is 19.4 Å². The van der Waals surface area contributed by atoms with E-state index in [0.29, 0.717) is 11.3 Å². The number of nitrogens with zero attached hydrogens (tertiary/aromatic N) is 2. The highest BCUT2D eigenvalue weighted by Crippen LogP contribution is 2.14. The van der Waals surface area contributed by atoms with Crippen LogP contribution in [0.3, 0.4) is 0 Å². The minimum absolute atomic E-state index is 0.0420. The number of aryl methyl sites for hydroxylation is 1. The maximum Gasteiger partial charge on any atom is 0.387 e. The first-order valence-corrected chi connectivity index (χ1v) is 6.46. The van der Waals surface area contributed by atoms with Crippen molar-refractivity contribution in [3.63, 3.8) is 0 Å². The standard InChI is InChI=1S/C14H13F2N3O4/c1-9-6-12(19-23-9)18-13(20)8-21-17-7-10-2-4-11(5-3-10)22-14(15)16/h2-7,14H,8H2,1H3,(H,18,19,20)/b17-7+. The zero-order chi connectivity index (χ0) is 16.7. The Balaban J connectivity index is 1.74. The molecule has 1 aromatic carbocycles. The van der Waals surface area contributed by atoms with Crippen molar-refractivity contribution in [3.05, 3.63) is 41.7 Å². The molecule has 0 radical (unpaired) electrons. The monoisotopic (exact) mass is 325 g/mol. The van der Waals surface area contributed by atoms with Crippen LogP contribution in [0.2, 0.25) is 0 Å². The molecule has 0 saturated carbocycles. The number of halogens is 2. The summed E-state index contributed by atoms with van der Waals surface area (Å²) in [5.74, 6) is 0.449. The molecule has 0 aliphatic carbocycles. The van der Waals surface area contributed by atoms with Gasteiger partial charge in [-0.15, -0.1) is 0 Å². The van der Waals surface area contributed by atoms with Crippen LogP contribution in [0.1, 0.15) is 11.3 Å². The summed E-state index contributed by atoms with van der Waals surface area (Å²) in [4.78, 5) is 16.3. The van der Waals surface area contributed by atoms with Crippen molar-refractivity contribution in [3.8, 4) is 5.75 Å². The fourth-order valence-electron chi connectivity index (χ4n) is 1.53. The van der Waals surface area contributed by atoms with Crippen molar-refractivity contribution in [1.82, 2.24) is 5.16 Å². The minimum Gasteiger partial charge on any atom is -0.435 e. The third-order valence-corrected chi connectivity index (χ3v) is 2.47. The van der Waals surface area contributed by atoms with Gasteiger partial charge in [-0.05, 0) is 36.8 Å². The van der Waals surface area contributed by atoms with E-state index in [2.05, 4.69) is 20.4 Å². The number of hydrogen-bond acceptors (Lipinski definition) is 6. The van der Waals surface area contributed by atoms with Crippen molar-refractivity contribution in [2.24, 2.45) is 5.16 Å². The first-order chi connectivity index (χ1) is 11.0. The third kappa shape index (κ3) is 5.73. The Morgan fingerprint density at radius 2 is 2.17 bits per heavy atom. The Labute approximate surface area is 129 Å². The van der Waals surface area contributed by atoms with Crippen molar-refractivity contribution in [2.75, 3.05) is 11.9 Å². The molecule has 0 aliphatic heterocycles. The Bertz CT molecular complexity index is 671. The van der Waals surface area contributed by atoms with E-state index in [4.69, 9.17) is 9.36 Å². The molecule has 2 aromatic rings. The van der Waals surface area contributed by atoms with Crippen molar-refractivity contribution in [1.29, 1.82) is 0 Å². The van der Waals surface area contributed by atoms with Crippen LogP contribution in [-0.4, -0.2) is 30.5 Å². The van der Waals surface area contributed by atoms with Gasteiger partial charge in [-0.2, -0.15) is 8.78 Å². The average Bonchev–Trinajstić information content (AvgIpc) is 2.90. The Morgan fingerprint density at radius 3 is 2.78 bits per heavy atom. The van der Waals surface area contributed by atoms with E-state index in [-0.39, 0.29) is 18.2 Å². The minimum atomic E-state index is -2.87. The van der Waals surface area contributed by atoms with Crippen LogP contribution in [0, 0.1) is 6.92 Å². The molecular weight excluding hydrogens is 312 g/mol. The number of alkyl halides is 2. The maximum atomic E-state index is 12.0. The van der Waals surface area contributed by atoms with E-state index in [0.717, 1.165) is 0 Å². The number of hydrogen-bond donors (Lipinski definition) is 1. The Kier molecular flexibility index (Phi) is 5.61. The van der Waals surface area contributed by atoms with Gasteiger partial charge in [0.05, 0.1) is 6.21 Å². The summed E-state index contributed by atoms with van der Waals surface area (Å²) in [5.41, 5.74) is 0.596. The summed E-state index contributed by atoms with van der Waals surface area (Å²) < 4.78 is 33.0. The maximum absolute atomic E-state index is 12.0. The lowest BCUT2D eigenvalue weighted by Gasteiger charge is -2.03. The van der Waals surface area contributed by atoms with Crippen LogP contribution in [0.25, 0.3) is 0 Å². The number of benzene rings is 1. The molecule has 0 unspecified atom stereocenters. The number of aromatic nitrogens is 1. The highest BCUT2D eigenvalue weighted by molar-refractivity contribution is 5.90. The van der Waals surface area contributed by atoms with Gasteiger partial charge >= 0.3 is 6.61 Å². The second-order valence-corrected chi connectivity index (χ2v) is 4.33. The van der Waals surface area contributed by atoms with E-state index >= 15 is 0 Å². The van der Waals surface area contributed by atoms with Gasteiger partial charge in [0.1, 0.15) is 11.5 Å². The smallest absolute Gasteiger partial charge is 0.387 e. The number of ether oxygens (including phenoxy) is 1. The van der Waals surface area contributed by atoms with Crippen molar-refractivity contribution >= 4 is 17.9 Å². The normalized spacial score (nSPS) is 11.0. The fourth-order valence-corrected chi connectivity index (χ4v) is 1.53. The molecule has 0 spiro atoms. The molecule has 7 nitrogen and oxygen atoms in total. The molecule has 23 heavy (non-hydrogen) atoms. The Hall–Kier alpha value is -2.97. The van der Waals surface area contributed by atoms with Gasteiger partial charge in [0.25, 0.3) is 5.91 Å². The lowest BCUT2D eigenvalue weighted by Crippen LogP contribution is -2.17. The number of amides is 1. The summed E-state index contributed by atoms with van der Waals surface area (Å²) in [5, 5.41) is 9.65. The van der Waals surface area contributed by atoms with Gasteiger partial charge in [-0.25, -0.2) is 0 Å². The molecule has 0 fully saturated rings. The molecule has 0 bridgehead atoms. The molecule has 1 N–H and O–H groups in total. The van der Waals surface area contributed by atoms with Crippen LogP contribution in [0.4, 0.5) is 14.6 Å². The number of rotatable bonds is 7. The highest BCUT2D eigenvalue weighted by Gasteiger charge is 2.06. The average molecular weight is 325 g/mol. The number of nitrogens with one attached hydrogen (secondary N) is 1. The van der Waals surface area contributed by atoms with Crippen LogP contribution >= 0.6 is 0 Å². The summed E-state index contributed by atoms with van der Waals surface area (Å²) in [6.07, 6.45) is 1.33. The molecule has 1 amide bonds.